The van der Waals surface area contributed by atoms with Crippen molar-refractivity contribution in [3.05, 3.63) is 46.4 Å². The first kappa shape index (κ1) is 22.7. The van der Waals surface area contributed by atoms with Crippen molar-refractivity contribution >= 4 is 44.9 Å². The van der Waals surface area contributed by atoms with Crippen LogP contribution in [0.4, 0.5) is 10.5 Å². The van der Waals surface area contributed by atoms with Gasteiger partial charge in [-0.3, -0.25) is 0 Å². The van der Waals surface area contributed by atoms with Gasteiger partial charge in [-0.05, 0) is 36.8 Å². The van der Waals surface area contributed by atoms with E-state index in [0.29, 0.717) is 40.1 Å². The van der Waals surface area contributed by atoms with E-state index in [1.807, 2.05) is 24.3 Å². The summed E-state index contributed by atoms with van der Waals surface area (Å²) in [6, 6.07) is 10.3. The summed E-state index contributed by atoms with van der Waals surface area (Å²) in [6.07, 6.45) is 0. The van der Waals surface area contributed by atoms with Crippen molar-refractivity contribution < 1.29 is 17.9 Å². The van der Waals surface area contributed by atoms with Crippen molar-refractivity contribution in [2.45, 2.75) is 6.92 Å². The number of methoxy groups -OCH3 is 1. The molecule has 2 aromatic rings. The number of benzene rings is 2. The zero-order valence-corrected chi connectivity index (χ0v) is 19.0. The number of anilines is 1. The molecule has 0 radical (unpaired) electrons. The topological polar surface area (TPSA) is 79.0 Å². The summed E-state index contributed by atoms with van der Waals surface area (Å²) in [5, 5.41) is 3.57. The quantitative estimate of drug-likeness (QED) is 0.709. The fourth-order valence-electron chi connectivity index (χ4n) is 3.25. The Labute approximate surface area is 186 Å². The number of urea groups is 1. The SMILES string of the molecule is CCS(=O)(=O)N1CCN(C(=O)Nc2cc(Cl)c(-c3cccc(OC)c3)c(Cl)c2)CC1. The Morgan fingerprint density at radius 3 is 2.30 bits per heavy atom. The molecule has 0 aliphatic carbocycles. The third kappa shape index (κ3) is 5.00. The maximum atomic E-state index is 12.6. The van der Waals surface area contributed by atoms with Crippen LogP contribution in [0, 0.1) is 0 Å². The smallest absolute Gasteiger partial charge is 0.321 e. The predicted molar refractivity (Wildman–Crippen MR) is 120 cm³/mol. The lowest BCUT2D eigenvalue weighted by Crippen LogP contribution is -2.51. The number of nitrogens with one attached hydrogen (secondary N) is 1. The molecule has 30 heavy (non-hydrogen) atoms. The Balaban J connectivity index is 1.71. The minimum atomic E-state index is -3.25. The number of halogens is 2. The summed E-state index contributed by atoms with van der Waals surface area (Å²) in [5.74, 6) is 0.733. The first-order valence-electron chi connectivity index (χ1n) is 9.42. The molecule has 2 aromatic carbocycles. The molecule has 162 valence electrons. The van der Waals surface area contributed by atoms with Gasteiger partial charge in [0, 0.05) is 37.4 Å². The van der Waals surface area contributed by atoms with Gasteiger partial charge in [0.05, 0.1) is 22.9 Å². The van der Waals surface area contributed by atoms with Crippen LogP contribution in [0.15, 0.2) is 36.4 Å². The van der Waals surface area contributed by atoms with Gasteiger partial charge in [-0.25, -0.2) is 13.2 Å². The number of ether oxygens (including phenoxy) is 1. The van der Waals surface area contributed by atoms with E-state index in [1.54, 1.807) is 31.1 Å². The lowest BCUT2D eigenvalue weighted by atomic mass is 10.0. The fourth-order valence-corrected chi connectivity index (χ4v) is 5.04. The van der Waals surface area contributed by atoms with Gasteiger partial charge in [0.1, 0.15) is 5.75 Å². The Hall–Kier alpha value is -2.00. The summed E-state index contributed by atoms with van der Waals surface area (Å²) in [6.45, 7) is 2.79. The lowest BCUT2D eigenvalue weighted by molar-refractivity contribution is 0.184. The molecule has 7 nitrogen and oxygen atoms in total. The van der Waals surface area contributed by atoms with Crippen LogP contribution in [0.1, 0.15) is 6.92 Å². The molecule has 3 rings (SSSR count). The Morgan fingerprint density at radius 2 is 1.73 bits per heavy atom. The molecule has 0 aromatic heterocycles. The third-order valence-corrected chi connectivity index (χ3v) is 7.41. The normalized spacial score (nSPS) is 15.1. The average Bonchev–Trinajstić information content (AvgIpc) is 2.73. The molecule has 1 heterocycles. The minimum Gasteiger partial charge on any atom is -0.497 e. The number of carbonyl (C=O) groups is 1. The second kappa shape index (κ2) is 9.43. The van der Waals surface area contributed by atoms with Crippen molar-refractivity contribution in [3.8, 4) is 16.9 Å². The van der Waals surface area contributed by atoms with Crippen molar-refractivity contribution in [2.75, 3.05) is 44.4 Å². The highest BCUT2D eigenvalue weighted by atomic mass is 35.5. The van der Waals surface area contributed by atoms with E-state index in [4.69, 9.17) is 27.9 Å². The van der Waals surface area contributed by atoms with E-state index in [-0.39, 0.29) is 24.9 Å². The predicted octanol–water partition coefficient (Wildman–Crippen LogP) is 4.17. The number of nitrogens with zero attached hydrogens (tertiary/aromatic N) is 2. The summed E-state index contributed by atoms with van der Waals surface area (Å²) >= 11 is 12.9. The molecule has 0 atom stereocenters. The largest absolute Gasteiger partial charge is 0.497 e. The van der Waals surface area contributed by atoms with Crippen LogP contribution >= 0.6 is 23.2 Å². The highest BCUT2D eigenvalue weighted by molar-refractivity contribution is 7.89. The second-order valence-electron chi connectivity index (χ2n) is 6.76. The van der Waals surface area contributed by atoms with E-state index in [0.717, 1.165) is 5.56 Å². The Bertz CT molecular complexity index is 1020. The number of amides is 2. The van der Waals surface area contributed by atoms with Gasteiger partial charge in [0.15, 0.2) is 0 Å². The van der Waals surface area contributed by atoms with Gasteiger partial charge in [-0.1, -0.05) is 35.3 Å². The third-order valence-electron chi connectivity index (χ3n) is 4.94. The maximum Gasteiger partial charge on any atom is 0.321 e. The molecular formula is C20H23Cl2N3O4S. The Kier molecular flexibility index (Phi) is 7.13. The molecule has 1 saturated heterocycles. The van der Waals surface area contributed by atoms with Crippen LogP contribution in [-0.4, -0.2) is 62.7 Å². The zero-order chi connectivity index (χ0) is 21.9. The number of sulfonamides is 1. The van der Waals surface area contributed by atoms with E-state index in [1.165, 1.54) is 4.31 Å². The van der Waals surface area contributed by atoms with Crippen LogP contribution in [0.5, 0.6) is 5.75 Å². The lowest BCUT2D eigenvalue weighted by Gasteiger charge is -2.33. The molecule has 1 N–H and O–H groups in total. The van der Waals surface area contributed by atoms with Crippen LogP contribution in [-0.2, 0) is 10.0 Å². The molecule has 2 amide bonds. The summed E-state index contributed by atoms with van der Waals surface area (Å²) in [7, 11) is -1.66. The van der Waals surface area contributed by atoms with Gasteiger partial charge in [-0.2, -0.15) is 4.31 Å². The fraction of sp³-hybridized carbons (Fsp3) is 0.350. The van der Waals surface area contributed by atoms with Crippen LogP contribution in [0.25, 0.3) is 11.1 Å². The molecule has 1 aliphatic heterocycles. The van der Waals surface area contributed by atoms with Crippen LogP contribution in [0.3, 0.4) is 0 Å². The van der Waals surface area contributed by atoms with Gasteiger partial charge in [0.2, 0.25) is 10.0 Å². The Morgan fingerprint density at radius 1 is 1.10 bits per heavy atom. The van der Waals surface area contributed by atoms with Crippen molar-refractivity contribution in [2.24, 2.45) is 0 Å². The second-order valence-corrected chi connectivity index (χ2v) is 9.84. The van der Waals surface area contributed by atoms with Crippen molar-refractivity contribution in [3.63, 3.8) is 0 Å². The highest BCUT2D eigenvalue weighted by Crippen LogP contribution is 2.38. The molecule has 0 unspecified atom stereocenters. The van der Waals surface area contributed by atoms with Crippen LogP contribution < -0.4 is 10.1 Å². The first-order valence-corrected chi connectivity index (χ1v) is 11.8. The van der Waals surface area contributed by atoms with Crippen molar-refractivity contribution in [1.29, 1.82) is 0 Å². The first-order chi connectivity index (χ1) is 14.2. The number of hydrogen-bond donors (Lipinski definition) is 1. The summed E-state index contributed by atoms with van der Waals surface area (Å²) in [4.78, 5) is 14.2. The van der Waals surface area contributed by atoms with Gasteiger partial charge in [-0.15, -0.1) is 0 Å². The molecule has 0 bridgehead atoms. The number of hydrogen-bond acceptors (Lipinski definition) is 4. The molecule has 10 heteroatoms. The summed E-state index contributed by atoms with van der Waals surface area (Å²) < 4.78 is 30.6. The standard InChI is InChI=1S/C20H23Cl2N3O4S/c1-3-30(27,28)25-9-7-24(8-10-25)20(26)23-15-12-17(21)19(18(22)13-15)14-5-4-6-16(11-14)29-2/h4-6,11-13H,3,7-10H2,1-2H3,(H,23,26). The van der Waals surface area contributed by atoms with Gasteiger partial charge < -0.3 is 15.0 Å². The molecule has 0 spiro atoms. The zero-order valence-electron chi connectivity index (χ0n) is 16.7. The van der Waals surface area contributed by atoms with E-state index in [2.05, 4.69) is 5.32 Å². The molecule has 1 fully saturated rings. The highest BCUT2D eigenvalue weighted by Gasteiger charge is 2.27. The molecule has 0 saturated carbocycles. The monoisotopic (exact) mass is 471 g/mol. The molecule has 1 aliphatic rings. The average molecular weight is 472 g/mol. The van der Waals surface area contributed by atoms with Crippen molar-refractivity contribution in [1.82, 2.24) is 9.21 Å². The number of rotatable bonds is 5. The maximum absolute atomic E-state index is 12.6. The van der Waals surface area contributed by atoms with Crippen LogP contribution in [0.2, 0.25) is 10.0 Å². The van der Waals surface area contributed by atoms with Gasteiger partial charge >= 0.3 is 6.03 Å². The number of carbonyl (C=O) groups excluding carboxylic acids is 1. The van der Waals surface area contributed by atoms with Gasteiger partial charge in [0.25, 0.3) is 0 Å². The van der Waals surface area contributed by atoms with E-state index in [9.17, 15) is 13.2 Å². The summed E-state index contributed by atoms with van der Waals surface area (Å²) in [5.41, 5.74) is 1.91. The minimum absolute atomic E-state index is 0.0514. The number of piperazine rings is 1. The molecular weight excluding hydrogens is 449 g/mol. The van der Waals surface area contributed by atoms with E-state index < -0.39 is 10.0 Å². The van der Waals surface area contributed by atoms with E-state index >= 15 is 0 Å².